The van der Waals surface area contributed by atoms with Gasteiger partial charge in [-0.15, -0.1) is 0 Å². The fraction of sp³-hybridized carbons (Fsp3) is 1.00. The summed E-state index contributed by atoms with van der Waals surface area (Å²) in [5, 5.41) is 0. The van der Waals surface area contributed by atoms with Crippen LogP contribution in [0.25, 0.3) is 0 Å². The van der Waals surface area contributed by atoms with Gasteiger partial charge in [0, 0.05) is 21.3 Å². The normalized spacial score (nSPS) is 43.9. The Kier molecular flexibility index (Phi) is 4.35. The minimum atomic E-state index is -0.449. The summed E-state index contributed by atoms with van der Waals surface area (Å²) in [5.41, 5.74) is -0.836. The Balaban J connectivity index is 3.04. The molecule has 0 aliphatic carbocycles. The predicted molar refractivity (Wildman–Crippen MR) is 61.7 cm³/mol. The minimum absolute atomic E-state index is 0.00685. The highest BCUT2D eigenvalue weighted by molar-refractivity contribution is 5.09. The fourth-order valence-electron chi connectivity index (χ4n) is 3.03. The molecule has 1 aliphatic heterocycles. The van der Waals surface area contributed by atoms with E-state index in [-0.39, 0.29) is 17.8 Å². The highest BCUT2D eigenvalue weighted by Crippen LogP contribution is 2.44. The first-order chi connectivity index (χ1) is 7.50. The van der Waals surface area contributed by atoms with Gasteiger partial charge < -0.3 is 18.9 Å². The molecule has 1 saturated heterocycles. The van der Waals surface area contributed by atoms with Gasteiger partial charge >= 0.3 is 0 Å². The third-order valence-electron chi connectivity index (χ3n) is 3.73. The third-order valence-corrected chi connectivity index (χ3v) is 3.73. The molecule has 1 rings (SSSR count). The summed E-state index contributed by atoms with van der Waals surface area (Å²) >= 11 is 0. The minimum Gasteiger partial charge on any atom is -0.382 e. The van der Waals surface area contributed by atoms with Gasteiger partial charge in [-0.1, -0.05) is 6.92 Å². The van der Waals surface area contributed by atoms with Gasteiger partial charge in [0.15, 0.2) is 0 Å². The van der Waals surface area contributed by atoms with Gasteiger partial charge in [0.1, 0.15) is 17.3 Å². The Hall–Kier alpha value is -0.160. The molecule has 0 spiro atoms. The summed E-state index contributed by atoms with van der Waals surface area (Å²) in [4.78, 5) is 0. The Labute approximate surface area is 98.2 Å². The number of rotatable bonds is 5. The molecule has 4 atom stereocenters. The molecular formula is C12H24O4. The molecule has 0 amide bonds. The number of ether oxygens (including phenoxy) is 4. The molecular weight excluding hydrogens is 208 g/mol. The van der Waals surface area contributed by atoms with E-state index in [4.69, 9.17) is 18.9 Å². The van der Waals surface area contributed by atoms with Gasteiger partial charge in [0.25, 0.3) is 0 Å². The van der Waals surface area contributed by atoms with Crippen molar-refractivity contribution in [2.24, 2.45) is 0 Å². The molecule has 4 heteroatoms. The lowest BCUT2D eigenvalue weighted by Gasteiger charge is -2.37. The molecule has 0 aromatic rings. The Morgan fingerprint density at radius 2 is 1.88 bits per heavy atom. The Bertz CT molecular complexity index is 227. The molecule has 1 heterocycles. The van der Waals surface area contributed by atoms with Crippen LogP contribution in [-0.2, 0) is 18.9 Å². The highest BCUT2D eigenvalue weighted by atomic mass is 16.6. The monoisotopic (exact) mass is 232 g/mol. The van der Waals surface area contributed by atoms with Crippen LogP contribution in [0.3, 0.4) is 0 Å². The van der Waals surface area contributed by atoms with E-state index in [1.807, 2.05) is 13.8 Å². The molecule has 0 saturated carbocycles. The zero-order chi connectivity index (χ0) is 12.4. The summed E-state index contributed by atoms with van der Waals surface area (Å²) < 4.78 is 22.6. The molecule has 0 unspecified atom stereocenters. The van der Waals surface area contributed by atoms with Crippen LogP contribution in [0.2, 0.25) is 0 Å². The Morgan fingerprint density at radius 1 is 1.25 bits per heavy atom. The summed E-state index contributed by atoms with van der Waals surface area (Å²) in [5.74, 6) is 0. The topological polar surface area (TPSA) is 36.9 Å². The molecule has 96 valence electrons. The maximum atomic E-state index is 6.02. The lowest BCUT2D eigenvalue weighted by atomic mass is 9.83. The maximum absolute atomic E-state index is 6.02. The number of hydrogen-bond acceptors (Lipinski definition) is 4. The SMILES string of the molecule is CC[C@]1(OC)[C@H](C)O[C@](C)(COC)[C@H]1OC. The van der Waals surface area contributed by atoms with Gasteiger partial charge in [-0.3, -0.25) is 0 Å². The lowest BCUT2D eigenvalue weighted by Crippen LogP contribution is -2.53. The van der Waals surface area contributed by atoms with E-state index in [0.29, 0.717) is 6.61 Å². The third kappa shape index (κ3) is 1.88. The zero-order valence-electron chi connectivity index (χ0n) is 11.2. The summed E-state index contributed by atoms with van der Waals surface area (Å²) in [6.45, 7) is 6.63. The van der Waals surface area contributed by atoms with Crippen molar-refractivity contribution in [3.63, 3.8) is 0 Å². The van der Waals surface area contributed by atoms with Gasteiger partial charge in [-0.25, -0.2) is 0 Å². The molecule has 0 aromatic heterocycles. The molecule has 0 N–H and O–H groups in total. The highest BCUT2D eigenvalue weighted by Gasteiger charge is 2.60. The molecule has 1 fully saturated rings. The van der Waals surface area contributed by atoms with Crippen LogP contribution in [0.5, 0.6) is 0 Å². The quantitative estimate of drug-likeness (QED) is 0.722. The predicted octanol–water partition coefficient (Wildman–Crippen LogP) is 1.62. The summed E-state index contributed by atoms with van der Waals surface area (Å²) in [7, 11) is 5.09. The van der Waals surface area contributed by atoms with E-state index in [2.05, 4.69) is 6.92 Å². The fourth-order valence-corrected chi connectivity index (χ4v) is 3.03. The van der Waals surface area contributed by atoms with Crippen LogP contribution >= 0.6 is 0 Å². The van der Waals surface area contributed by atoms with Crippen LogP contribution in [0.1, 0.15) is 27.2 Å². The van der Waals surface area contributed by atoms with Gasteiger partial charge in [0.2, 0.25) is 0 Å². The van der Waals surface area contributed by atoms with E-state index >= 15 is 0 Å². The zero-order valence-corrected chi connectivity index (χ0v) is 11.2. The van der Waals surface area contributed by atoms with Crippen molar-refractivity contribution < 1.29 is 18.9 Å². The van der Waals surface area contributed by atoms with E-state index in [9.17, 15) is 0 Å². The molecule has 0 aromatic carbocycles. The first-order valence-corrected chi connectivity index (χ1v) is 5.75. The second-order valence-electron chi connectivity index (χ2n) is 4.63. The first-order valence-electron chi connectivity index (χ1n) is 5.75. The summed E-state index contributed by atoms with van der Waals surface area (Å²) in [6.07, 6.45) is 0.722. The second-order valence-corrected chi connectivity index (χ2v) is 4.63. The molecule has 4 nitrogen and oxygen atoms in total. The van der Waals surface area contributed by atoms with Crippen LogP contribution in [0.15, 0.2) is 0 Å². The largest absolute Gasteiger partial charge is 0.382 e. The van der Waals surface area contributed by atoms with Crippen LogP contribution in [0.4, 0.5) is 0 Å². The Morgan fingerprint density at radius 3 is 2.25 bits per heavy atom. The van der Waals surface area contributed by atoms with Crippen molar-refractivity contribution in [2.45, 2.75) is 50.6 Å². The van der Waals surface area contributed by atoms with E-state index < -0.39 is 5.60 Å². The van der Waals surface area contributed by atoms with Gasteiger partial charge in [-0.05, 0) is 20.3 Å². The van der Waals surface area contributed by atoms with E-state index in [1.165, 1.54) is 0 Å². The first kappa shape index (κ1) is 13.9. The maximum Gasteiger partial charge on any atom is 0.122 e. The molecule has 16 heavy (non-hydrogen) atoms. The number of methoxy groups -OCH3 is 3. The lowest BCUT2D eigenvalue weighted by molar-refractivity contribution is -0.130. The van der Waals surface area contributed by atoms with Crippen molar-refractivity contribution in [2.75, 3.05) is 27.9 Å². The van der Waals surface area contributed by atoms with Crippen molar-refractivity contribution in [1.82, 2.24) is 0 Å². The number of hydrogen-bond donors (Lipinski definition) is 0. The van der Waals surface area contributed by atoms with Crippen molar-refractivity contribution >= 4 is 0 Å². The van der Waals surface area contributed by atoms with Crippen LogP contribution < -0.4 is 0 Å². The van der Waals surface area contributed by atoms with Gasteiger partial charge in [-0.2, -0.15) is 0 Å². The summed E-state index contributed by atoms with van der Waals surface area (Å²) in [6, 6.07) is 0. The van der Waals surface area contributed by atoms with Crippen LogP contribution in [-0.4, -0.2) is 51.3 Å². The standard InChI is InChI=1S/C12H24O4/c1-7-12(15-6)9(2)16-11(3,8-13-4)10(12)14-5/h9-10H,7-8H2,1-6H3/t9-,10+,11+,12-/m0/s1. The van der Waals surface area contributed by atoms with Crippen molar-refractivity contribution in [3.05, 3.63) is 0 Å². The second kappa shape index (κ2) is 5.00. The van der Waals surface area contributed by atoms with Crippen molar-refractivity contribution in [1.29, 1.82) is 0 Å². The van der Waals surface area contributed by atoms with E-state index in [1.54, 1.807) is 21.3 Å². The van der Waals surface area contributed by atoms with Crippen LogP contribution in [0, 0.1) is 0 Å². The smallest absolute Gasteiger partial charge is 0.122 e. The molecule has 0 bridgehead atoms. The average molecular weight is 232 g/mol. The molecule has 1 aliphatic rings. The van der Waals surface area contributed by atoms with Crippen molar-refractivity contribution in [3.8, 4) is 0 Å². The van der Waals surface area contributed by atoms with E-state index in [0.717, 1.165) is 6.42 Å². The van der Waals surface area contributed by atoms with Gasteiger partial charge in [0.05, 0.1) is 12.7 Å². The average Bonchev–Trinajstić information content (AvgIpc) is 2.46. The molecule has 0 radical (unpaired) electrons.